The molecule has 2 atom stereocenters. The van der Waals surface area contributed by atoms with Crippen molar-refractivity contribution >= 4 is 5.71 Å². The summed E-state index contributed by atoms with van der Waals surface area (Å²) in [6.45, 7) is 3.63. The van der Waals surface area contributed by atoms with Crippen LogP contribution in [0.5, 0.6) is 0 Å². The van der Waals surface area contributed by atoms with Gasteiger partial charge in [-0.1, -0.05) is 6.07 Å². The molecular weight excluding hydrogens is 224 g/mol. The molecule has 88 valence electrons. The summed E-state index contributed by atoms with van der Waals surface area (Å²) in [5.41, 5.74) is 2.88. The minimum atomic E-state index is -0.396. The number of rotatable bonds is 1. The van der Waals surface area contributed by atoms with E-state index in [1.54, 1.807) is 19.3 Å². The Morgan fingerprint density at radius 3 is 2.61 bits per heavy atom. The van der Waals surface area contributed by atoms with Crippen LogP contribution >= 0.6 is 0 Å². The summed E-state index contributed by atoms with van der Waals surface area (Å²) in [4.78, 5) is 8.36. The molecule has 4 nitrogen and oxygen atoms in total. The van der Waals surface area contributed by atoms with E-state index in [4.69, 9.17) is 0 Å². The molecule has 1 aliphatic rings. The van der Waals surface area contributed by atoms with Gasteiger partial charge < -0.3 is 0 Å². The van der Waals surface area contributed by atoms with Crippen molar-refractivity contribution < 1.29 is 0 Å². The van der Waals surface area contributed by atoms with Gasteiger partial charge in [0.15, 0.2) is 0 Å². The number of hydrogen-bond acceptors (Lipinski definition) is 4. The molecule has 0 aromatic carbocycles. The monoisotopic (exact) mass is 236 g/mol. The van der Waals surface area contributed by atoms with Crippen LogP contribution in [0.2, 0.25) is 0 Å². The second-order valence-electron chi connectivity index (χ2n) is 4.23. The van der Waals surface area contributed by atoms with Gasteiger partial charge in [-0.25, -0.2) is 0 Å². The summed E-state index contributed by atoms with van der Waals surface area (Å²) >= 11 is 0. The predicted molar refractivity (Wildman–Crippen MR) is 67.5 cm³/mol. The summed E-state index contributed by atoms with van der Waals surface area (Å²) in [5, 5.41) is 18.6. The van der Waals surface area contributed by atoms with E-state index < -0.39 is 5.92 Å². The molecule has 0 N–H and O–H groups in total. The first-order chi connectivity index (χ1) is 8.69. The van der Waals surface area contributed by atoms with Crippen molar-refractivity contribution in [2.75, 3.05) is 0 Å². The topological polar surface area (TPSA) is 72.8 Å². The molecule has 2 rings (SSSR count). The minimum absolute atomic E-state index is 0.258. The third-order valence-electron chi connectivity index (χ3n) is 3.13. The van der Waals surface area contributed by atoms with Crippen LogP contribution in [0.3, 0.4) is 0 Å². The lowest BCUT2D eigenvalue weighted by Gasteiger charge is -2.26. The Hall–Kier alpha value is -2.46. The Bertz CT molecular complexity index is 599. The lowest BCUT2D eigenvalue weighted by molar-refractivity contribution is 0.700. The summed E-state index contributed by atoms with van der Waals surface area (Å²) in [6, 6.07) is 8.13. The van der Waals surface area contributed by atoms with Crippen molar-refractivity contribution in [3.05, 3.63) is 41.4 Å². The Morgan fingerprint density at radius 1 is 1.28 bits per heavy atom. The number of allylic oxidation sites excluding steroid dienone is 2. The van der Waals surface area contributed by atoms with Crippen LogP contribution in [0.4, 0.5) is 0 Å². The highest BCUT2D eigenvalue weighted by molar-refractivity contribution is 5.90. The maximum Gasteiger partial charge on any atom is 0.0973 e. The molecule has 0 radical (unpaired) electrons. The third-order valence-corrected chi connectivity index (χ3v) is 3.13. The van der Waals surface area contributed by atoms with E-state index in [0.29, 0.717) is 11.3 Å². The molecule has 1 unspecified atom stereocenters. The fourth-order valence-electron chi connectivity index (χ4n) is 2.26. The lowest BCUT2D eigenvalue weighted by Crippen LogP contribution is -2.24. The molecule has 18 heavy (non-hydrogen) atoms. The van der Waals surface area contributed by atoms with E-state index in [1.807, 2.05) is 19.1 Å². The summed E-state index contributed by atoms with van der Waals surface area (Å²) < 4.78 is 0. The Balaban J connectivity index is 2.60. The van der Waals surface area contributed by atoms with E-state index in [9.17, 15) is 10.5 Å². The molecule has 1 aromatic rings. The highest BCUT2D eigenvalue weighted by Gasteiger charge is 2.33. The minimum Gasteiger partial charge on any atom is -0.264 e. The Morgan fingerprint density at radius 2 is 2.06 bits per heavy atom. The van der Waals surface area contributed by atoms with E-state index >= 15 is 0 Å². The normalized spacial score (nSPS) is 23.0. The van der Waals surface area contributed by atoms with Gasteiger partial charge in [0.05, 0.1) is 29.3 Å². The van der Waals surface area contributed by atoms with Gasteiger partial charge in [0.2, 0.25) is 0 Å². The van der Waals surface area contributed by atoms with Gasteiger partial charge >= 0.3 is 0 Å². The Kier molecular flexibility index (Phi) is 3.21. The van der Waals surface area contributed by atoms with Crippen LogP contribution in [0.25, 0.3) is 0 Å². The number of aromatic nitrogens is 1. The molecule has 0 spiro atoms. The molecule has 0 fully saturated rings. The first kappa shape index (κ1) is 12.0. The van der Waals surface area contributed by atoms with E-state index in [2.05, 4.69) is 22.1 Å². The largest absolute Gasteiger partial charge is 0.264 e. The molecule has 0 amide bonds. The van der Waals surface area contributed by atoms with Gasteiger partial charge in [0.25, 0.3) is 0 Å². The van der Waals surface area contributed by atoms with E-state index in [0.717, 1.165) is 11.3 Å². The van der Waals surface area contributed by atoms with Crippen molar-refractivity contribution in [3.8, 4) is 12.1 Å². The van der Waals surface area contributed by atoms with Gasteiger partial charge in [0, 0.05) is 24.0 Å². The zero-order valence-electron chi connectivity index (χ0n) is 10.3. The van der Waals surface area contributed by atoms with Crippen molar-refractivity contribution in [1.29, 1.82) is 10.5 Å². The number of pyridine rings is 1. The molecule has 0 saturated carbocycles. The van der Waals surface area contributed by atoms with Crippen LogP contribution in [0, 0.1) is 28.6 Å². The van der Waals surface area contributed by atoms with Crippen LogP contribution in [0.1, 0.15) is 25.3 Å². The van der Waals surface area contributed by atoms with Gasteiger partial charge in [-0.05, 0) is 25.5 Å². The number of nitriles is 2. The molecule has 0 aliphatic carbocycles. The number of hydrogen-bond donors (Lipinski definition) is 0. The van der Waals surface area contributed by atoms with Crippen LogP contribution in [0.15, 0.2) is 40.8 Å². The first-order valence-electron chi connectivity index (χ1n) is 5.64. The molecule has 2 heterocycles. The zero-order valence-corrected chi connectivity index (χ0v) is 10.3. The molecule has 0 bridgehead atoms. The van der Waals surface area contributed by atoms with Gasteiger partial charge in [-0.2, -0.15) is 10.5 Å². The fourth-order valence-corrected chi connectivity index (χ4v) is 2.26. The molecule has 1 aliphatic heterocycles. The highest BCUT2D eigenvalue weighted by Crippen LogP contribution is 2.37. The quantitative estimate of drug-likeness (QED) is 0.752. The predicted octanol–water partition coefficient (Wildman–Crippen LogP) is 2.58. The van der Waals surface area contributed by atoms with Crippen molar-refractivity contribution in [2.24, 2.45) is 10.9 Å². The van der Waals surface area contributed by atoms with Crippen LogP contribution < -0.4 is 0 Å². The van der Waals surface area contributed by atoms with Gasteiger partial charge in [-0.3, -0.25) is 9.98 Å². The van der Waals surface area contributed by atoms with E-state index in [1.165, 1.54) is 0 Å². The average Bonchev–Trinajstić information content (AvgIpc) is 2.39. The summed E-state index contributed by atoms with van der Waals surface area (Å²) in [6.07, 6.45) is 3.38. The fraction of sp³-hybridized carbons (Fsp3) is 0.286. The maximum absolute atomic E-state index is 9.31. The highest BCUT2D eigenvalue weighted by atomic mass is 14.8. The number of aliphatic imine (C=N–C) groups is 1. The lowest BCUT2D eigenvalue weighted by atomic mass is 9.77. The van der Waals surface area contributed by atoms with Crippen LogP contribution in [-0.4, -0.2) is 10.7 Å². The summed E-state index contributed by atoms with van der Waals surface area (Å²) in [5.74, 6) is -0.654. The standard InChI is InChI=1S/C14H12N4/c1-9-12(6-15)14(11-4-3-5-17-8-11)13(7-16)10(2)18-9/h3-5,8,12,14H,1-2H3/t12?,14-/m0/s1. The second-order valence-corrected chi connectivity index (χ2v) is 4.23. The van der Waals surface area contributed by atoms with Crippen molar-refractivity contribution in [1.82, 2.24) is 4.98 Å². The average molecular weight is 236 g/mol. The molecule has 1 aromatic heterocycles. The Labute approximate surface area is 106 Å². The maximum atomic E-state index is 9.31. The first-order valence-corrected chi connectivity index (χ1v) is 5.64. The smallest absolute Gasteiger partial charge is 0.0973 e. The third kappa shape index (κ3) is 1.89. The SMILES string of the molecule is CC1=NC(C)=C(C#N)[C@@H](c2cccnc2)C1C#N. The molecular formula is C14H12N4. The van der Waals surface area contributed by atoms with Gasteiger partial charge in [0.1, 0.15) is 0 Å². The number of nitrogens with zero attached hydrogens (tertiary/aromatic N) is 4. The van der Waals surface area contributed by atoms with Crippen molar-refractivity contribution in [2.45, 2.75) is 19.8 Å². The summed E-state index contributed by atoms with van der Waals surface area (Å²) in [7, 11) is 0. The van der Waals surface area contributed by atoms with Crippen LogP contribution in [-0.2, 0) is 0 Å². The van der Waals surface area contributed by atoms with Gasteiger partial charge in [-0.15, -0.1) is 0 Å². The van der Waals surface area contributed by atoms with E-state index in [-0.39, 0.29) is 5.92 Å². The molecule has 0 saturated heterocycles. The zero-order chi connectivity index (χ0) is 13.1. The second kappa shape index (κ2) is 4.81. The van der Waals surface area contributed by atoms with Crippen molar-refractivity contribution in [3.63, 3.8) is 0 Å². The molecule has 4 heteroatoms.